The molecule has 0 atom stereocenters. The van der Waals surface area contributed by atoms with Crippen LogP contribution in [0.15, 0.2) is 42.5 Å². The Hall–Kier alpha value is -2.03. The highest BCUT2D eigenvalue weighted by Gasteiger charge is 2.05. The summed E-state index contributed by atoms with van der Waals surface area (Å²) in [5.74, 6) is -1.71. The van der Waals surface area contributed by atoms with Crippen LogP contribution in [0.25, 0.3) is 21.8 Å². The molecule has 0 aliphatic carbocycles. The second-order valence-corrected chi connectivity index (χ2v) is 3.64. The fourth-order valence-corrected chi connectivity index (χ4v) is 1.77. The average molecular weight is 215 g/mol. The highest BCUT2D eigenvalue weighted by atomic mass is 19.2. The van der Waals surface area contributed by atoms with Crippen LogP contribution >= 0.6 is 0 Å². The number of pyridine rings is 1. The van der Waals surface area contributed by atoms with E-state index in [-0.39, 0.29) is 0 Å². The Morgan fingerprint density at radius 2 is 1.50 bits per heavy atom. The van der Waals surface area contributed by atoms with Gasteiger partial charge in [-0.3, -0.25) is 0 Å². The van der Waals surface area contributed by atoms with E-state index in [1.165, 1.54) is 6.07 Å². The topological polar surface area (TPSA) is 12.9 Å². The molecule has 0 spiro atoms. The predicted molar refractivity (Wildman–Crippen MR) is 59.2 cm³/mol. The lowest BCUT2D eigenvalue weighted by Gasteiger charge is -2.02. The van der Waals surface area contributed by atoms with E-state index in [0.29, 0.717) is 10.9 Å². The van der Waals surface area contributed by atoms with E-state index in [0.717, 1.165) is 17.0 Å². The van der Waals surface area contributed by atoms with Crippen molar-refractivity contribution in [3.8, 4) is 0 Å². The number of rotatable bonds is 0. The molecule has 0 radical (unpaired) electrons. The molecule has 0 saturated heterocycles. The van der Waals surface area contributed by atoms with E-state index in [1.807, 2.05) is 24.3 Å². The lowest BCUT2D eigenvalue weighted by Crippen LogP contribution is -1.87. The van der Waals surface area contributed by atoms with Crippen molar-refractivity contribution in [2.75, 3.05) is 0 Å². The van der Waals surface area contributed by atoms with Crippen LogP contribution in [-0.2, 0) is 0 Å². The van der Waals surface area contributed by atoms with Gasteiger partial charge in [0.1, 0.15) is 0 Å². The molecule has 3 rings (SSSR count). The van der Waals surface area contributed by atoms with Gasteiger partial charge in [0, 0.05) is 16.8 Å². The third-order valence-electron chi connectivity index (χ3n) is 2.56. The minimum atomic E-state index is -0.865. The van der Waals surface area contributed by atoms with Crippen molar-refractivity contribution in [1.82, 2.24) is 4.98 Å². The van der Waals surface area contributed by atoms with Gasteiger partial charge in [-0.2, -0.15) is 0 Å². The van der Waals surface area contributed by atoms with Crippen molar-refractivity contribution < 1.29 is 8.78 Å². The zero-order valence-electron chi connectivity index (χ0n) is 8.24. The van der Waals surface area contributed by atoms with Gasteiger partial charge in [-0.15, -0.1) is 0 Å². The van der Waals surface area contributed by atoms with Gasteiger partial charge >= 0.3 is 0 Å². The number of hydrogen-bond acceptors (Lipinski definition) is 1. The fourth-order valence-electron chi connectivity index (χ4n) is 1.77. The third-order valence-corrected chi connectivity index (χ3v) is 2.56. The lowest BCUT2D eigenvalue weighted by atomic mass is 10.1. The number of halogens is 2. The van der Waals surface area contributed by atoms with Crippen LogP contribution < -0.4 is 0 Å². The average Bonchev–Trinajstić information content (AvgIpc) is 2.28. The van der Waals surface area contributed by atoms with Gasteiger partial charge in [-0.05, 0) is 18.2 Å². The zero-order chi connectivity index (χ0) is 11.1. The molecule has 0 amide bonds. The third kappa shape index (κ3) is 1.33. The molecule has 78 valence electrons. The minimum absolute atomic E-state index is 0.470. The van der Waals surface area contributed by atoms with Gasteiger partial charge in [-0.1, -0.05) is 18.2 Å². The summed E-state index contributed by atoms with van der Waals surface area (Å²) in [6.45, 7) is 0. The SMILES string of the molecule is Fc1cc2cc3ccccc3nc2cc1F. The molecular weight excluding hydrogens is 208 g/mol. The monoisotopic (exact) mass is 215 g/mol. The Labute approximate surface area is 90.3 Å². The maximum Gasteiger partial charge on any atom is 0.161 e. The molecule has 0 aliphatic heterocycles. The van der Waals surface area contributed by atoms with Crippen molar-refractivity contribution in [2.24, 2.45) is 0 Å². The first kappa shape index (κ1) is 9.21. The standard InChI is InChI=1S/C13H7F2N/c14-10-6-9-5-8-3-1-2-4-12(8)16-13(9)7-11(10)15/h1-7H. The summed E-state index contributed by atoms with van der Waals surface area (Å²) in [5.41, 5.74) is 1.25. The van der Waals surface area contributed by atoms with Gasteiger partial charge in [0.05, 0.1) is 11.0 Å². The Kier molecular flexibility index (Phi) is 1.86. The summed E-state index contributed by atoms with van der Waals surface area (Å²) in [6, 6.07) is 11.6. The first-order valence-electron chi connectivity index (χ1n) is 4.88. The van der Waals surface area contributed by atoms with E-state index in [9.17, 15) is 8.78 Å². The van der Waals surface area contributed by atoms with E-state index in [1.54, 1.807) is 6.07 Å². The fraction of sp³-hybridized carbons (Fsp3) is 0. The van der Waals surface area contributed by atoms with Crippen molar-refractivity contribution in [3.63, 3.8) is 0 Å². The Morgan fingerprint density at radius 3 is 2.38 bits per heavy atom. The van der Waals surface area contributed by atoms with E-state index in [4.69, 9.17) is 0 Å². The second-order valence-electron chi connectivity index (χ2n) is 3.64. The van der Waals surface area contributed by atoms with Gasteiger partial charge in [-0.25, -0.2) is 13.8 Å². The van der Waals surface area contributed by atoms with Gasteiger partial charge in [0.2, 0.25) is 0 Å². The normalized spacial score (nSPS) is 11.1. The van der Waals surface area contributed by atoms with Crippen LogP contribution in [0.1, 0.15) is 0 Å². The van der Waals surface area contributed by atoms with E-state index in [2.05, 4.69) is 4.98 Å². The number of benzene rings is 2. The van der Waals surface area contributed by atoms with Crippen LogP contribution in [0.4, 0.5) is 8.78 Å². The van der Waals surface area contributed by atoms with E-state index >= 15 is 0 Å². The van der Waals surface area contributed by atoms with E-state index < -0.39 is 11.6 Å². The lowest BCUT2D eigenvalue weighted by molar-refractivity contribution is 0.510. The van der Waals surface area contributed by atoms with Crippen molar-refractivity contribution in [2.45, 2.75) is 0 Å². The summed E-state index contributed by atoms with van der Waals surface area (Å²) in [5, 5.41) is 1.53. The molecule has 0 aliphatic rings. The molecule has 1 aromatic heterocycles. The van der Waals surface area contributed by atoms with Crippen molar-refractivity contribution in [3.05, 3.63) is 54.1 Å². The first-order valence-corrected chi connectivity index (χ1v) is 4.88. The van der Waals surface area contributed by atoms with Gasteiger partial charge < -0.3 is 0 Å². The van der Waals surface area contributed by atoms with Gasteiger partial charge in [0.15, 0.2) is 11.6 Å². The number of para-hydroxylation sites is 1. The summed E-state index contributed by atoms with van der Waals surface area (Å²) in [7, 11) is 0. The molecule has 16 heavy (non-hydrogen) atoms. The maximum absolute atomic E-state index is 13.0. The quantitative estimate of drug-likeness (QED) is 0.521. The molecule has 0 saturated carbocycles. The molecule has 1 nitrogen and oxygen atoms in total. The second kappa shape index (κ2) is 3.23. The predicted octanol–water partition coefficient (Wildman–Crippen LogP) is 3.67. The summed E-state index contributed by atoms with van der Waals surface area (Å²) in [4.78, 5) is 4.27. The van der Waals surface area contributed by atoms with Crippen LogP contribution in [-0.4, -0.2) is 4.98 Å². The van der Waals surface area contributed by atoms with Crippen LogP contribution in [0.3, 0.4) is 0 Å². The molecule has 0 bridgehead atoms. The molecule has 0 unspecified atom stereocenters. The molecular formula is C13H7F2N. The first-order chi connectivity index (χ1) is 7.74. The highest BCUT2D eigenvalue weighted by Crippen LogP contribution is 2.21. The molecule has 0 N–H and O–H groups in total. The Balaban J connectivity index is 2.46. The molecule has 3 heteroatoms. The smallest absolute Gasteiger partial charge is 0.161 e. The summed E-state index contributed by atoms with van der Waals surface area (Å²) < 4.78 is 26.1. The summed E-state index contributed by atoms with van der Waals surface area (Å²) in [6.07, 6.45) is 0. The maximum atomic E-state index is 13.0. The number of nitrogens with zero attached hydrogens (tertiary/aromatic N) is 1. The van der Waals surface area contributed by atoms with Crippen molar-refractivity contribution in [1.29, 1.82) is 0 Å². The highest BCUT2D eigenvalue weighted by molar-refractivity contribution is 5.92. The molecule has 1 heterocycles. The minimum Gasteiger partial charge on any atom is -0.248 e. The Bertz CT molecular complexity index is 632. The number of fused-ring (bicyclic) bond motifs is 2. The molecule has 0 fully saturated rings. The van der Waals surface area contributed by atoms with Gasteiger partial charge in [0.25, 0.3) is 0 Å². The number of hydrogen-bond donors (Lipinski definition) is 0. The molecule has 3 aromatic rings. The van der Waals surface area contributed by atoms with Crippen LogP contribution in [0, 0.1) is 11.6 Å². The summed E-state index contributed by atoms with van der Waals surface area (Å²) >= 11 is 0. The number of aromatic nitrogens is 1. The van der Waals surface area contributed by atoms with Crippen LogP contribution in [0.2, 0.25) is 0 Å². The molecule has 2 aromatic carbocycles. The zero-order valence-corrected chi connectivity index (χ0v) is 8.24. The Morgan fingerprint density at radius 1 is 0.750 bits per heavy atom. The van der Waals surface area contributed by atoms with Crippen molar-refractivity contribution >= 4 is 21.8 Å². The van der Waals surface area contributed by atoms with Crippen LogP contribution in [0.5, 0.6) is 0 Å². The largest absolute Gasteiger partial charge is 0.248 e.